The molecule has 0 spiro atoms. The van der Waals surface area contributed by atoms with Crippen LogP contribution in [0.15, 0.2) is 22.7 Å². The highest BCUT2D eigenvalue weighted by atomic mass is 79.9. The fourth-order valence-electron chi connectivity index (χ4n) is 2.27. The van der Waals surface area contributed by atoms with E-state index in [-0.39, 0.29) is 11.3 Å². The normalized spacial score (nSPS) is 18.1. The van der Waals surface area contributed by atoms with Crippen LogP contribution < -0.4 is 10.6 Å². The van der Waals surface area contributed by atoms with E-state index in [0.717, 1.165) is 30.4 Å². The van der Waals surface area contributed by atoms with Gasteiger partial charge in [-0.2, -0.15) is 0 Å². The maximum atomic E-state index is 12.2. The van der Waals surface area contributed by atoms with E-state index in [9.17, 15) is 4.79 Å². The molecule has 1 saturated heterocycles. The average Bonchev–Trinajstić information content (AvgIpc) is 2.40. The lowest BCUT2D eigenvalue weighted by Gasteiger charge is -2.34. The minimum atomic E-state index is -0.106. The summed E-state index contributed by atoms with van der Waals surface area (Å²) in [7, 11) is 0. The molecule has 0 aliphatic carbocycles. The molecule has 19 heavy (non-hydrogen) atoms. The largest absolute Gasteiger partial charge is 0.351 e. The fourth-order valence-corrected chi connectivity index (χ4v) is 2.83. The van der Waals surface area contributed by atoms with Crippen molar-refractivity contribution in [2.24, 2.45) is 5.41 Å². The van der Waals surface area contributed by atoms with E-state index >= 15 is 0 Å². The highest BCUT2D eigenvalue weighted by Crippen LogP contribution is 2.27. The monoisotopic (exact) mass is 344 g/mol. The van der Waals surface area contributed by atoms with E-state index in [1.54, 1.807) is 12.1 Å². The van der Waals surface area contributed by atoms with Gasteiger partial charge in [0.25, 0.3) is 5.91 Å². The van der Waals surface area contributed by atoms with Crippen LogP contribution in [-0.2, 0) is 0 Å². The SMILES string of the molecule is CC1(CNC(=O)c2cc(Br)ccc2Cl)CCNCC1. The van der Waals surface area contributed by atoms with Gasteiger partial charge in [-0.25, -0.2) is 0 Å². The number of piperidine rings is 1. The Morgan fingerprint density at radius 2 is 2.16 bits per heavy atom. The van der Waals surface area contributed by atoms with Crippen molar-refractivity contribution in [3.05, 3.63) is 33.3 Å². The summed E-state index contributed by atoms with van der Waals surface area (Å²) in [6.45, 7) is 4.95. The van der Waals surface area contributed by atoms with Crippen LogP contribution in [0, 0.1) is 5.41 Å². The molecule has 0 atom stereocenters. The molecule has 1 aromatic carbocycles. The summed E-state index contributed by atoms with van der Waals surface area (Å²) >= 11 is 9.41. The number of carbonyl (C=O) groups is 1. The topological polar surface area (TPSA) is 41.1 Å². The van der Waals surface area contributed by atoms with Gasteiger partial charge in [-0.3, -0.25) is 4.79 Å². The maximum Gasteiger partial charge on any atom is 0.252 e. The van der Waals surface area contributed by atoms with E-state index in [4.69, 9.17) is 11.6 Å². The third kappa shape index (κ3) is 3.94. The molecule has 2 rings (SSSR count). The summed E-state index contributed by atoms with van der Waals surface area (Å²) in [4.78, 5) is 12.2. The quantitative estimate of drug-likeness (QED) is 0.883. The van der Waals surface area contributed by atoms with E-state index in [0.29, 0.717) is 17.1 Å². The smallest absolute Gasteiger partial charge is 0.252 e. The van der Waals surface area contributed by atoms with Crippen molar-refractivity contribution in [1.29, 1.82) is 0 Å². The van der Waals surface area contributed by atoms with Crippen molar-refractivity contribution in [3.63, 3.8) is 0 Å². The van der Waals surface area contributed by atoms with Gasteiger partial charge in [-0.1, -0.05) is 34.5 Å². The van der Waals surface area contributed by atoms with Crippen molar-refractivity contribution < 1.29 is 4.79 Å². The zero-order valence-corrected chi connectivity index (χ0v) is 13.3. The summed E-state index contributed by atoms with van der Waals surface area (Å²) in [5.74, 6) is -0.106. The molecule has 0 aromatic heterocycles. The average molecular weight is 346 g/mol. The molecule has 1 aliphatic rings. The first-order valence-corrected chi connectivity index (χ1v) is 7.61. The van der Waals surface area contributed by atoms with Gasteiger partial charge in [0.2, 0.25) is 0 Å². The van der Waals surface area contributed by atoms with E-state index in [2.05, 4.69) is 33.5 Å². The second-order valence-electron chi connectivity index (χ2n) is 5.37. The second kappa shape index (κ2) is 6.25. The van der Waals surface area contributed by atoms with E-state index < -0.39 is 0 Å². The summed E-state index contributed by atoms with van der Waals surface area (Å²) in [5.41, 5.74) is 0.702. The Balaban J connectivity index is 1.99. The standard InChI is InChI=1S/C14H18BrClN2O/c1-14(4-6-17-7-5-14)9-18-13(19)11-8-10(15)2-3-12(11)16/h2-3,8,17H,4-7,9H2,1H3,(H,18,19). The van der Waals surface area contributed by atoms with Gasteiger partial charge in [0.05, 0.1) is 10.6 Å². The molecule has 5 heteroatoms. The first-order chi connectivity index (χ1) is 9.00. The Kier molecular flexibility index (Phi) is 4.87. The Hall–Kier alpha value is -0.580. The molecule has 104 valence electrons. The van der Waals surface area contributed by atoms with Crippen LogP contribution in [0.3, 0.4) is 0 Å². The molecule has 0 unspecified atom stereocenters. The van der Waals surface area contributed by atoms with Crippen molar-refractivity contribution in [1.82, 2.24) is 10.6 Å². The Labute approximate surface area is 127 Å². The van der Waals surface area contributed by atoms with Gasteiger partial charge in [0.1, 0.15) is 0 Å². The minimum Gasteiger partial charge on any atom is -0.351 e. The summed E-state index contributed by atoms with van der Waals surface area (Å²) in [6, 6.07) is 5.31. The lowest BCUT2D eigenvalue weighted by molar-refractivity contribution is 0.0922. The predicted octanol–water partition coefficient (Wildman–Crippen LogP) is 3.22. The summed E-state index contributed by atoms with van der Waals surface area (Å²) < 4.78 is 0.857. The van der Waals surface area contributed by atoms with Crippen LogP contribution >= 0.6 is 27.5 Å². The number of hydrogen-bond donors (Lipinski definition) is 2. The molecule has 0 radical (unpaired) electrons. The van der Waals surface area contributed by atoms with Crippen LogP contribution in [0.2, 0.25) is 5.02 Å². The Morgan fingerprint density at radius 3 is 2.84 bits per heavy atom. The zero-order valence-electron chi connectivity index (χ0n) is 10.9. The number of carbonyl (C=O) groups excluding carboxylic acids is 1. The van der Waals surface area contributed by atoms with Crippen LogP contribution in [0.4, 0.5) is 0 Å². The van der Waals surface area contributed by atoms with Crippen LogP contribution in [0.1, 0.15) is 30.1 Å². The molecule has 1 aromatic rings. The molecule has 0 saturated carbocycles. The van der Waals surface area contributed by atoms with Crippen LogP contribution in [0.25, 0.3) is 0 Å². The van der Waals surface area contributed by atoms with Gasteiger partial charge in [0.15, 0.2) is 0 Å². The van der Waals surface area contributed by atoms with E-state index in [1.165, 1.54) is 0 Å². The summed E-state index contributed by atoms with van der Waals surface area (Å²) in [5, 5.41) is 6.82. The van der Waals surface area contributed by atoms with Gasteiger partial charge in [-0.05, 0) is 49.5 Å². The first-order valence-electron chi connectivity index (χ1n) is 6.44. The minimum absolute atomic E-state index is 0.106. The van der Waals surface area contributed by atoms with Gasteiger partial charge < -0.3 is 10.6 Å². The molecule has 0 bridgehead atoms. The third-order valence-electron chi connectivity index (χ3n) is 3.66. The van der Waals surface area contributed by atoms with Crippen molar-refractivity contribution in [2.75, 3.05) is 19.6 Å². The first kappa shape index (κ1) is 14.8. The Bertz CT molecular complexity index is 473. The highest BCUT2D eigenvalue weighted by molar-refractivity contribution is 9.10. The van der Waals surface area contributed by atoms with Gasteiger partial charge >= 0.3 is 0 Å². The number of hydrogen-bond acceptors (Lipinski definition) is 2. The molecular formula is C14H18BrClN2O. The number of nitrogens with one attached hydrogen (secondary N) is 2. The lowest BCUT2D eigenvalue weighted by atomic mass is 9.81. The third-order valence-corrected chi connectivity index (χ3v) is 4.48. The second-order valence-corrected chi connectivity index (χ2v) is 6.69. The zero-order chi connectivity index (χ0) is 13.9. The summed E-state index contributed by atoms with van der Waals surface area (Å²) in [6.07, 6.45) is 2.17. The maximum absolute atomic E-state index is 12.2. The van der Waals surface area contributed by atoms with Crippen molar-refractivity contribution in [3.8, 4) is 0 Å². The number of benzene rings is 1. The van der Waals surface area contributed by atoms with E-state index in [1.807, 2.05) is 6.07 Å². The predicted molar refractivity (Wildman–Crippen MR) is 81.7 cm³/mol. The number of rotatable bonds is 3. The number of amides is 1. The van der Waals surface area contributed by atoms with Crippen molar-refractivity contribution >= 4 is 33.4 Å². The molecule has 1 aliphatic heterocycles. The lowest BCUT2D eigenvalue weighted by Crippen LogP contribution is -2.42. The highest BCUT2D eigenvalue weighted by Gasteiger charge is 2.27. The molecule has 1 fully saturated rings. The molecule has 1 heterocycles. The fraction of sp³-hybridized carbons (Fsp3) is 0.500. The van der Waals surface area contributed by atoms with Gasteiger partial charge in [-0.15, -0.1) is 0 Å². The van der Waals surface area contributed by atoms with Crippen molar-refractivity contribution in [2.45, 2.75) is 19.8 Å². The molecular weight excluding hydrogens is 328 g/mol. The molecule has 1 amide bonds. The number of halogens is 2. The molecule has 3 nitrogen and oxygen atoms in total. The Morgan fingerprint density at radius 1 is 1.47 bits per heavy atom. The molecule has 2 N–H and O–H groups in total. The van der Waals surface area contributed by atoms with Gasteiger partial charge in [0, 0.05) is 11.0 Å². The van der Waals surface area contributed by atoms with Crippen LogP contribution in [-0.4, -0.2) is 25.5 Å². The van der Waals surface area contributed by atoms with Crippen LogP contribution in [0.5, 0.6) is 0 Å².